The van der Waals surface area contributed by atoms with Crippen LogP contribution in [0.3, 0.4) is 0 Å². The number of hydrogen-bond acceptors (Lipinski definition) is 2. The quantitative estimate of drug-likeness (QED) is 0.590. The third kappa shape index (κ3) is 4.65. The van der Waals surface area contributed by atoms with E-state index in [-0.39, 0.29) is 12.5 Å². The predicted molar refractivity (Wildman–Crippen MR) is 110 cm³/mol. The summed E-state index contributed by atoms with van der Waals surface area (Å²) in [6, 6.07) is 11.0. The summed E-state index contributed by atoms with van der Waals surface area (Å²) in [6.07, 6.45) is 1.64. The van der Waals surface area contributed by atoms with E-state index in [4.69, 9.17) is 4.74 Å². The summed E-state index contributed by atoms with van der Waals surface area (Å²) in [5, 5.41) is 3.72. The van der Waals surface area contributed by atoms with Gasteiger partial charge in [0.05, 0.1) is 5.52 Å². The molecule has 0 aliphatic carbocycles. The SMILES string of the molecule is C=CCOc1cccc2c1cc(C(=O)NC(C)(C)C)n2Cc1ccc(F)c(F)c1. The highest BCUT2D eigenvalue weighted by Crippen LogP contribution is 2.30. The molecule has 0 aliphatic heterocycles. The average Bonchev–Trinajstić information content (AvgIpc) is 3.01. The van der Waals surface area contributed by atoms with Crippen LogP contribution in [0, 0.1) is 11.6 Å². The number of carbonyl (C=O) groups is 1. The van der Waals surface area contributed by atoms with Crippen molar-refractivity contribution in [2.45, 2.75) is 32.9 Å². The van der Waals surface area contributed by atoms with Gasteiger partial charge >= 0.3 is 0 Å². The van der Waals surface area contributed by atoms with Crippen molar-refractivity contribution in [3.63, 3.8) is 0 Å². The number of halogens is 2. The van der Waals surface area contributed by atoms with Gasteiger partial charge in [0, 0.05) is 17.5 Å². The fourth-order valence-electron chi connectivity index (χ4n) is 3.12. The van der Waals surface area contributed by atoms with Gasteiger partial charge in [-0.1, -0.05) is 24.8 Å². The monoisotopic (exact) mass is 398 g/mol. The van der Waals surface area contributed by atoms with E-state index in [1.54, 1.807) is 16.7 Å². The van der Waals surface area contributed by atoms with Crippen LogP contribution in [0.15, 0.2) is 55.1 Å². The number of carbonyl (C=O) groups excluding carboxylic acids is 1. The molecule has 1 aromatic heterocycles. The first kappa shape index (κ1) is 20.6. The standard InChI is InChI=1S/C23H24F2N2O2/c1-5-11-29-21-8-6-7-19-16(21)13-20(22(28)26-23(2,3)4)27(19)14-15-9-10-17(24)18(25)12-15/h5-10,12-13H,1,11,14H2,2-4H3,(H,26,28). The minimum atomic E-state index is -0.922. The Morgan fingerprint density at radius 1 is 1.17 bits per heavy atom. The normalized spacial score (nSPS) is 11.5. The van der Waals surface area contributed by atoms with Crippen LogP contribution in [-0.2, 0) is 6.54 Å². The number of aromatic nitrogens is 1. The third-order valence-electron chi connectivity index (χ3n) is 4.31. The van der Waals surface area contributed by atoms with Crippen molar-refractivity contribution in [1.82, 2.24) is 9.88 Å². The molecule has 0 atom stereocenters. The van der Waals surface area contributed by atoms with Crippen LogP contribution in [0.2, 0.25) is 0 Å². The number of fused-ring (bicyclic) bond motifs is 1. The van der Waals surface area contributed by atoms with Gasteiger partial charge in [-0.15, -0.1) is 0 Å². The minimum absolute atomic E-state index is 0.207. The van der Waals surface area contributed by atoms with Crippen LogP contribution in [0.25, 0.3) is 10.9 Å². The van der Waals surface area contributed by atoms with E-state index < -0.39 is 17.2 Å². The first-order valence-electron chi connectivity index (χ1n) is 9.32. The van der Waals surface area contributed by atoms with Crippen molar-refractivity contribution in [2.75, 3.05) is 6.61 Å². The molecular formula is C23H24F2N2O2. The Morgan fingerprint density at radius 2 is 1.93 bits per heavy atom. The number of hydrogen-bond donors (Lipinski definition) is 1. The first-order valence-corrected chi connectivity index (χ1v) is 9.32. The summed E-state index contributed by atoms with van der Waals surface area (Å²) < 4.78 is 34.5. The largest absolute Gasteiger partial charge is 0.489 e. The molecule has 2 aromatic carbocycles. The van der Waals surface area contributed by atoms with Gasteiger partial charge in [0.25, 0.3) is 5.91 Å². The summed E-state index contributed by atoms with van der Waals surface area (Å²) in [5.74, 6) is -1.46. The lowest BCUT2D eigenvalue weighted by Crippen LogP contribution is -2.41. The topological polar surface area (TPSA) is 43.3 Å². The fourth-order valence-corrected chi connectivity index (χ4v) is 3.12. The molecule has 1 amide bonds. The van der Waals surface area contributed by atoms with Gasteiger partial charge < -0.3 is 14.6 Å². The van der Waals surface area contributed by atoms with E-state index in [0.29, 0.717) is 23.6 Å². The Balaban J connectivity index is 2.13. The molecule has 1 heterocycles. The van der Waals surface area contributed by atoms with Crippen molar-refractivity contribution in [2.24, 2.45) is 0 Å². The van der Waals surface area contributed by atoms with Gasteiger partial charge in [-0.3, -0.25) is 4.79 Å². The van der Waals surface area contributed by atoms with Crippen LogP contribution >= 0.6 is 0 Å². The Labute approximate surface area is 168 Å². The van der Waals surface area contributed by atoms with Gasteiger partial charge in [0.2, 0.25) is 0 Å². The van der Waals surface area contributed by atoms with Crippen molar-refractivity contribution in [1.29, 1.82) is 0 Å². The highest BCUT2D eigenvalue weighted by atomic mass is 19.2. The van der Waals surface area contributed by atoms with Gasteiger partial charge in [-0.05, 0) is 56.7 Å². The summed E-state index contributed by atoms with van der Waals surface area (Å²) >= 11 is 0. The van der Waals surface area contributed by atoms with Crippen molar-refractivity contribution < 1.29 is 18.3 Å². The Hall–Kier alpha value is -3.15. The zero-order valence-corrected chi connectivity index (χ0v) is 16.8. The second kappa shape index (κ2) is 8.07. The molecule has 1 N–H and O–H groups in total. The van der Waals surface area contributed by atoms with Crippen LogP contribution < -0.4 is 10.1 Å². The van der Waals surface area contributed by atoms with Crippen molar-refractivity contribution in [3.8, 4) is 5.75 Å². The molecule has 6 heteroatoms. The predicted octanol–water partition coefficient (Wildman–Crippen LogP) is 5.06. The number of nitrogens with one attached hydrogen (secondary N) is 1. The van der Waals surface area contributed by atoms with E-state index >= 15 is 0 Å². The molecule has 29 heavy (non-hydrogen) atoms. The van der Waals surface area contributed by atoms with E-state index in [0.717, 1.165) is 23.0 Å². The molecule has 3 aromatic rings. The maximum atomic E-state index is 13.7. The Bertz CT molecular complexity index is 1060. The van der Waals surface area contributed by atoms with Crippen LogP contribution in [0.4, 0.5) is 8.78 Å². The summed E-state index contributed by atoms with van der Waals surface area (Å²) in [5.41, 5.74) is 1.29. The lowest BCUT2D eigenvalue weighted by molar-refractivity contribution is 0.0911. The highest BCUT2D eigenvalue weighted by molar-refractivity contribution is 6.00. The van der Waals surface area contributed by atoms with Gasteiger partial charge in [0.1, 0.15) is 18.1 Å². The van der Waals surface area contributed by atoms with E-state index in [1.165, 1.54) is 6.07 Å². The van der Waals surface area contributed by atoms with Crippen LogP contribution in [-0.4, -0.2) is 22.6 Å². The van der Waals surface area contributed by atoms with Crippen molar-refractivity contribution in [3.05, 3.63) is 78.0 Å². The molecule has 0 saturated carbocycles. The lowest BCUT2D eigenvalue weighted by atomic mass is 10.1. The molecule has 0 radical (unpaired) electrons. The van der Waals surface area contributed by atoms with Crippen LogP contribution in [0.1, 0.15) is 36.8 Å². The maximum Gasteiger partial charge on any atom is 0.268 e. The maximum absolute atomic E-state index is 13.7. The molecule has 0 saturated heterocycles. The van der Waals surface area contributed by atoms with Gasteiger partial charge in [-0.2, -0.15) is 0 Å². The summed E-state index contributed by atoms with van der Waals surface area (Å²) in [7, 11) is 0. The number of amides is 1. The number of ether oxygens (including phenoxy) is 1. The summed E-state index contributed by atoms with van der Waals surface area (Å²) in [4.78, 5) is 13.0. The lowest BCUT2D eigenvalue weighted by Gasteiger charge is -2.21. The fraction of sp³-hybridized carbons (Fsp3) is 0.261. The smallest absolute Gasteiger partial charge is 0.268 e. The number of benzene rings is 2. The first-order chi connectivity index (χ1) is 13.7. The molecule has 0 unspecified atom stereocenters. The van der Waals surface area contributed by atoms with Gasteiger partial charge in [0.15, 0.2) is 11.6 Å². The molecule has 0 fully saturated rings. The van der Waals surface area contributed by atoms with Gasteiger partial charge in [-0.25, -0.2) is 8.78 Å². The zero-order valence-electron chi connectivity index (χ0n) is 16.8. The molecule has 4 nitrogen and oxygen atoms in total. The summed E-state index contributed by atoms with van der Waals surface area (Å²) in [6.45, 7) is 9.88. The molecular weight excluding hydrogens is 374 g/mol. The number of nitrogens with zero attached hydrogens (tertiary/aromatic N) is 1. The minimum Gasteiger partial charge on any atom is -0.489 e. The highest BCUT2D eigenvalue weighted by Gasteiger charge is 2.22. The Kier molecular flexibility index (Phi) is 5.73. The van der Waals surface area contributed by atoms with E-state index in [1.807, 2.05) is 39.0 Å². The molecule has 0 bridgehead atoms. The Morgan fingerprint density at radius 3 is 2.59 bits per heavy atom. The second-order valence-electron chi connectivity index (χ2n) is 7.86. The molecule has 0 spiro atoms. The average molecular weight is 398 g/mol. The van der Waals surface area contributed by atoms with E-state index in [9.17, 15) is 13.6 Å². The molecule has 0 aliphatic rings. The second-order valence-corrected chi connectivity index (χ2v) is 7.86. The van der Waals surface area contributed by atoms with E-state index in [2.05, 4.69) is 11.9 Å². The van der Waals surface area contributed by atoms with Crippen molar-refractivity contribution >= 4 is 16.8 Å². The van der Waals surface area contributed by atoms with Crippen LogP contribution in [0.5, 0.6) is 5.75 Å². The molecule has 152 valence electrons. The molecule has 3 rings (SSSR count). The number of rotatable bonds is 6. The zero-order chi connectivity index (χ0) is 21.2. The third-order valence-corrected chi connectivity index (χ3v) is 4.31.